The predicted octanol–water partition coefficient (Wildman–Crippen LogP) is 4.44. The van der Waals surface area contributed by atoms with Gasteiger partial charge in [-0.2, -0.15) is 0 Å². The van der Waals surface area contributed by atoms with Crippen LogP contribution in [-0.2, 0) is 6.54 Å². The summed E-state index contributed by atoms with van der Waals surface area (Å²) in [5.74, 6) is 0.932. The minimum atomic E-state index is 0.167. The van der Waals surface area contributed by atoms with Gasteiger partial charge in [-0.1, -0.05) is 19.8 Å². The third-order valence-corrected chi connectivity index (χ3v) is 5.21. The fourth-order valence-corrected chi connectivity index (χ4v) is 3.83. The minimum absolute atomic E-state index is 0.167. The molecule has 0 bridgehead atoms. The van der Waals surface area contributed by atoms with Crippen molar-refractivity contribution in [3.63, 3.8) is 0 Å². The van der Waals surface area contributed by atoms with Crippen molar-refractivity contribution in [2.75, 3.05) is 18.0 Å². The average Bonchev–Trinajstić information content (AvgIpc) is 2.76. The van der Waals surface area contributed by atoms with E-state index < -0.39 is 0 Å². The fourth-order valence-electron chi connectivity index (χ4n) is 2.93. The maximum Gasteiger partial charge on any atom is 0.185 e. The lowest BCUT2D eigenvalue weighted by Gasteiger charge is -2.20. The maximum atomic E-state index is 4.66. The molecule has 0 radical (unpaired) electrons. The molecule has 0 aromatic carbocycles. The molecule has 2 rings (SSSR count). The van der Waals surface area contributed by atoms with Crippen molar-refractivity contribution >= 4 is 16.5 Å². The standard InChI is InChI=1S/C17H31N3S/c1-5-7-14-8-6-10-20(11-9-14)16-18-12-15(21-16)13-19-17(2,3)4/h12,14,19H,5-11,13H2,1-4H3. The van der Waals surface area contributed by atoms with Crippen molar-refractivity contribution in [2.45, 2.75) is 71.9 Å². The van der Waals surface area contributed by atoms with Crippen molar-refractivity contribution in [3.8, 4) is 0 Å². The molecule has 120 valence electrons. The smallest absolute Gasteiger partial charge is 0.185 e. The summed E-state index contributed by atoms with van der Waals surface area (Å²) < 4.78 is 0. The summed E-state index contributed by atoms with van der Waals surface area (Å²) >= 11 is 1.86. The van der Waals surface area contributed by atoms with E-state index >= 15 is 0 Å². The highest BCUT2D eigenvalue weighted by Crippen LogP contribution is 2.28. The lowest BCUT2D eigenvalue weighted by atomic mass is 9.96. The number of nitrogens with zero attached hydrogens (tertiary/aromatic N) is 2. The van der Waals surface area contributed by atoms with E-state index in [2.05, 4.69) is 42.9 Å². The maximum absolute atomic E-state index is 4.66. The van der Waals surface area contributed by atoms with Crippen molar-refractivity contribution in [3.05, 3.63) is 11.1 Å². The van der Waals surface area contributed by atoms with E-state index in [1.807, 2.05) is 17.5 Å². The van der Waals surface area contributed by atoms with Crippen molar-refractivity contribution < 1.29 is 0 Å². The van der Waals surface area contributed by atoms with Gasteiger partial charge in [0.2, 0.25) is 0 Å². The zero-order valence-electron chi connectivity index (χ0n) is 14.1. The summed E-state index contributed by atoms with van der Waals surface area (Å²) in [5.41, 5.74) is 0.167. The first-order valence-electron chi connectivity index (χ1n) is 8.42. The number of nitrogens with one attached hydrogen (secondary N) is 1. The Morgan fingerprint density at radius 3 is 2.86 bits per heavy atom. The van der Waals surface area contributed by atoms with Crippen molar-refractivity contribution in [1.82, 2.24) is 10.3 Å². The van der Waals surface area contributed by atoms with Gasteiger partial charge in [-0.15, -0.1) is 11.3 Å². The van der Waals surface area contributed by atoms with Crippen LogP contribution in [0.25, 0.3) is 0 Å². The first-order chi connectivity index (χ1) is 9.98. The summed E-state index contributed by atoms with van der Waals surface area (Å²) in [5, 5.41) is 4.76. The van der Waals surface area contributed by atoms with Crippen molar-refractivity contribution in [1.29, 1.82) is 0 Å². The van der Waals surface area contributed by atoms with E-state index in [0.29, 0.717) is 0 Å². The molecule has 0 saturated carbocycles. The molecule has 0 aliphatic carbocycles. The molecule has 1 aliphatic rings. The van der Waals surface area contributed by atoms with E-state index in [1.165, 1.54) is 55.2 Å². The molecule has 3 nitrogen and oxygen atoms in total. The second kappa shape index (κ2) is 7.59. The first-order valence-corrected chi connectivity index (χ1v) is 9.24. The zero-order chi connectivity index (χ0) is 15.3. The Balaban J connectivity index is 1.88. The van der Waals surface area contributed by atoms with Gasteiger partial charge in [0, 0.05) is 36.2 Å². The summed E-state index contributed by atoms with van der Waals surface area (Å²) in [7, 11) is 0. The molecular formula is C17H31N3S. The van der Waals surface area contributed by atoms with Gasteiger partial charge >= 0.3 is 0 Å². The van der Waals surface area contributed by atoms with E-state index in [0.717, 1.165) is 12.5 Å². The van der Waals surface area contributed by atoms with Gasteiger partial charge in [0.25, 0.3) is 0 Å². The van der Waals surface area contributed by atoms with Crippen LogP contribution in [0.4, 0.5) is 5.13 Å². The number of thiazole rings is 1. The number of anilines is 1. The van der Waals surface area contributed by atoms with Gasteiger partial charge in [0.05, 0.1) is 0 Å². The quantitative estimate of drug-likeness (QED) is 0.871. The topological polar surface area (TPSA) is 28.2 Å². The fraction of sp³-hybridized carbons (Fsp3) is 0.824. The third kappa shape index (κ3) is 5.59. The Hall–Kier alpha value is -0.610. The molecule has 2 heterocycles. The highest BCUT2D eigenvalue weighted by atomic mass is 32.1. The molecule has 1 N–H and O–H groups in total. The van der Waals surface area contributed by atoms with E-state index in [9.17, 15) is 0 Å². The zero-order valence-corrected chi connectivity index (χ0v) is 14.9. The summed E-state index contributed by atoms with van der Waals surface area (Å²) in [6.07, 6.45) is 8.82. The Bertz CT molecular complexity index is 422. The van der Waals surface area contributed by atoms with E-state index in [1.54, 1.807) is 0 Å². The minimum Gasteiger partial charge on any atom is -0.348 e. The highest BCUT2D eigenvalue weighted by Gasteiger charge is 2.19. The Morgan fingerprint density at radius 2 is 2.14 bits per heavy atom. The molecule has 1 unspecified atom stereocenters. The first kappa shape index (κ1) is 16.8. The van der Waals surface area contributed by atoms with Gasteiger partial charge in [0.15, 0.2) is 5.13 Å². The van der Waals surface area contributed by atoms with Gasteiger partial charge < -0.3 is 10.2 Å². The number of hydrogen-bond acceptors (Lipinski definition) is 4. The van der Waals surface area contributed by atoms with E-state index in [-0.39, 0.29) is 5.54 Å². The van der Waals surface area contributed by atoms with E-state index in [4.69, 9.17) is 0 Å². The van der Waals surface area contributed by atoms with Crippen LogP contribution in [0.15, 0.2) is 6.20 Å². The van der Waals surface area contributed by atoms with Crippen LogP contribution in [0.1, 0.15) is 64.7 Å². The van der Waals surface area contributed by atoms with Crippen LogP contribution in [0.3, 0.4) is 0 Å². The van der Waals surface area contributed by atoms with Gasteiger partial charge in [-0.3, -0.25) is 0 Å². The second-order valence-corrected chi connectivity index (χ2v) is 8.38. The highest BCUT2D eigenvalue weighted by molar-refractivity contribution is 7.15. The molecule has 1 saturated heterocycles. The monoisotopic (exact) mass is 309 g/mol. The summed E-state index contributed by atoms with van der Waals surface area (Å²) in [4.78, 5) is 8.50. The number of aromatic nitrogens is 1. The number of hydrogen-bond donors (Lipinski definition) is 1. The molecule has 4 heteroatoms. The van der Waals surface area contributed by atoms with Crippen LogP contribution >= 0.6 is 11.3 Å². The second-order valence-electron chi connectivity index (χ2n) is 7.29. The Labute approximate surface area is 134 Å². The summed E-state index contributed by atoms with van der Waals surface area (Å²) in [6.45, 7) is 12.2. The Morgan fingerprint density at radius 1 is 1.33 bits per heavy atom. The molecule has 0 spiro atoms. The molecule has 1 atom stereocenters. The van der Waals surface area contributed by atoms with Crippen molar-refractivity contribution in [2.24, 2.45) is 5.92 Å². The van der Waals surface area contributed by atoms with Gasteiger partial charge in [-0.25, -0.2) is 4.98 Å². The van der Waals surface area contributed by atoms with Gasteiger partial charge in [-0.05, 0) is 46.0 Å². The number of rotatable bonds is 5. The normalized spacial score (nSPS) is 20.6. The van der Waals surface area contributed by atoms with Crippen LogP contribution < -0.4 is 10.2 Å². The SMILES string of the molecule is CCCC1CCCN(c2ncc(CNC(C)(C)C)s2)CC1. The van der Waals surface area contributed by atoms with Crippen LogP contribution in [0.2, 0.25) is 0 Å². The predicted molar refractivity (Wildman–Crippen MR) is 93.2 cm³/mol. The Kier molecular flexibility index (Phi) is 6.06. The largest absolute Gasteiger partial charge is 0.348 e. The lowest BCUT2D eigenvalue weighted by molar-refractivity contribution is 0.426. The van der Waals surface area contributed by atoms with Crippen LogP contribution in [0.5, 0.6) is 0 Å². The third-order valence-electron chi connectivity index (χ3n) is 4.15. The molecule has 1 aromatic heterocycles. The molecule has 1 aliphatic heterocycles. The molecular weight excluding hydrogens is 278 g/mol. The summed E-state index contributed by atoms with van der Waals surface area (Å²) in [6, 6.07) is 0. The van der Waals surface area contributed by atoms with Crippen LogP contribution in [0, 0.1) is 5.92 Å². The van der Waals surface area contributed by atoms with Gasteiger partial charge in [0.1, 0.15) is 0 Å². The van der Waals surface area contributed by atoms with Crippen LogP contribution in [-0.4, -0.2) is 23.6 Å². The molecule has 0 amide bonds. The lowest BCUT2D eigenvalue weighted by Crippen LogP contribution is -2.34. The molecule has 1 aromatic rings. The molecule has 1 fully saturated rings. The molecule has 21 heavy (non-hydrogen) atoms. The average molecular weight is 310 g/mol.